The molecule has 0 heterocycles. The molecule has 0 aromatic rings. The van der Waals surface area contributed by atoms with Crippen LogP contribution in [0.3, 0.4) is 0 Å². The van der Waals surface area contributed by atoms with Crippen LogP contribution in [-0.2, 0) is 14.3 Å². The van der Waals surface area contributed by atoms with E-state index in [9.17, 15) is 14.7 Å². The van der Waals surface area contributed by atoms with Gasteiger partial charge in [0.25, 0.3) is 0 Å². The maximum absolute atomic E-state index is 12.5. The van der Waals surface area contributed by atoms with Crippen LogP contribution >= 0.6 is 0 Å². The monoisotopic (exact) mass is 285 g/mol. The SMILES string of the molecule is CCOC(=O)CCN(CC(C)O)C(=O)C1CCCCC1. The van der Waals surface area contributed by atoms with E-state index in [1.165, 1.54) is 6.42 Å². The summed E-state index contributed by atoms with van der Waals surface area (Å²) < 4.78 is 4.88. The number of hydrogen-bond acceptors (Lipinski definition) is 4. The van der Waals surface area contributed by atoms with E-state index in [0.717, 1.165) is 25.7 Å². The molecule has 5 nitrogen and oxygen atoms in total. The molecule has 1 aliphatic rings. The topological polar surface area (TPSA) is 66.8 Å². The predicted molar refractivity (Wildman–Crippen MR) is 76.1 cm³/mol. The summed E-state index contributed by atoms with van der Waals surface area (Å²) in [4.78, 5) is 25.5. The van der Waals surface area contributed by atoms with Crippen LogP contribution in [-0.4, -0.2) is 47.7 Å². The highest BCUT2D eigenvalue weighted by molar-refractivity contribution is 5.79. The number of carbonyl (C=O) groups is 2. The third-order valence-electron chi connectivity index (χ3n) is 3.64. The second-order valence-electron chi connectivity index (χ2n) is 5.52. The lowest BCUT2D eigenvalue weighted by atomic mass is 9.88. The van der Waals surface area contributed by atoms with Crippen molar-refractivity contribution < 1.29 is 19.4 Å². The van der Waals surface area contributed by atoms with Gasteiger partial charge in [-0.05, 0) is 26.7 Å². The van der Waals surface area contributed by atoms with Crippen molar-refractivity contribution in [1.82, 2.24) is 4.90 Å². The van der Waals surface area contributed by atoms with Crippen LogP contribution in [0.1, 0.15) is 52.4 Å². The lowest BCUT2D eigenvalue weighted by Gasteiger charge is -2.30. The molecule has 1 fully saturated rings. The third kappa shape index (κ3) is 5.90. The molecule has 1 atom stereocenters. The van der Waals surface area contributed by atoms with Gasteiger partial charge in [-0.3, -0.25) is 9.59 Å². The van der Waals surface area contributed by atoms with Gasteiger partial charge in [-0.15, -0.1) is 0 Å². The van der Waals surface area contributed by atoms with Crippen molar-refractivity contribution in [2.45, 2.75) is 58.5 Å². The number of ether oxygens (including phenoxy) is 1. The first kappa shape index (κ1) is 17.0. The molecule has 116 valence electrons. The highest BCUT2D eigenvalue weighted by atomic mass is 16.5. The number of esters is 1. The van der Waals surface area contributed by atoms with Crippen molar-refractivity contribution in [1.29, 1.82) is 0 Å². The molecule has 0 aromatic carbocycles. The van der Waals surface area contributed by atoms with Gasteiger partial charge in [0.15, 0.2) is 0 Å². The van der Waals surface area contributed by atoms with Crippen molar-refractivity contribution in [2.24, 2.45) is 5.92 Å². The second kappa shape index (κ2) is 8.95. The highest BCUT2D eigenvalue weighted by Gasteiger charge is 2.26. The molecule has 20 heavy (non-hydrogen) atoms. The Morgan fingerprint density at radius 2 is 1.95 bits per heavy atom. The van der Waals surface area contributed by atoms with Crippen LogP contribution in [0.15, 0.2) is 0 Å². The Labute approximate surface area is 121 Å². The molecule has 1 amide bonds. The second-order valence-corrected chi connectivity index (χ2v) is 5.52. The average molecular weight is 285 g/mol. The normalized spacial score (nSPS) is 17.6. The zero-order chi connectivity index (χ0) is 15.0. The summed E-state index contributed by atoms with van der Waals surface area (Å²) in [6, 6.07) is 0. The number of aliphatic hydroxyl groups excluding tert-OH is 1. The minimum Gasteiger partial charge on any atom is -0.466 e. The molecular formula is C15H27NO4. The van der Waals surface area contributed by atoms with E-state index in [1.807, 2.05) is 0 Å². The van der Waals surface area contributed by atoms with Gasteiger partial charge in [-0.25, -0.2) is 0 Å². The number of carbonyl (C=O) groups excluding carboxylic acids is 2. The third-order valence-corrected chi connectivity index (χ3v) is 3.64. The van der Waals surface area contributed by atoms with Gasteiger partial charge in [0, 0.05) is 19.0 Å². The summed E-state index contributed by atoms with van der Waals surface area (Å²) in [6.07, 6.45) is 4.85. The molecule has 0 aromatic heterocycles. The van der Waals surface area contributed by atoms with Crippen LogP contribution < -0.4 is 0 Å². The number of rotatable bonds is 7. The summed E-state index contributed by atoms with van der Waals surface area (Å²) in [7, 11) is 0. The minimum atomic E-state index is -0.579. The van der Waals surface area contributed by atoms with Gasteiger partial charge >= 0.3 is 5.97 Å². The number of amides is 1. The van der Waals surface area contributed by atoms with Gasteiger partial charge in [0.1, 0.15) is 0 Å². The number of nitrogens with zero attached hydrogens (tertiary/aromatic N) is 1. The molecule has 0 saturated heterocycles. The molecule has 0 aliphatic heterocycles. The Morgan fingerprint density at radius 3 is 2.50 bits per heavy atom. The zero-order valence-corrected chi connectivity index (χ0v) is 12.6. The first-order valence-electron chi connectivity index (χ1n) is 7.67. The molecule has 0 radical (unpaired) electrons. The van der Waals surface area contributed by atoms with Gasteiger partial charge in [0.2, 0.25) is 5.91 Å². The molecule has 1 unspecified atom stereocenters. The Bertz CT molecular complexity index is 311. The number of aliphatic hydroxyl groups is 1. The van der Waals surface area contributed by atoms with Crippen LogP contribution in [0.5, 0.6) is 0 Å². The molecule has 1 saturated carbocycles. The number of hydrogen-bond donors (Lipinski definition) is 1. The van der Waals surface area contributed by atoms with E-state index in [2.05, 4.69) is 0 Å². The van der Waals surface area contributed by atoms with E-state index >= 15 is 0 Å². The maximum atomic E-state index is 12.5. The standard InChI is InChI=1S/C15H27NO4/c1-3-20-14(18)9-10-16(11-12(2)17)15(19)13-7-5-4-6-8-13/h12-13,17H,3-11H2,1-2H3. The van der Waals surface area contributed by atoms with E-state index in [-0.39, 0.29) is 30.8 Å². The zero-order valence-electron chi connectivity index (χ0n) is 12.6. The van der Waals surface area contributed by atoms with Crippen LogP contribution in [0.25, 0.3) is 0 Å². The quantitative estimate of drug-likeness (QED) is 0.723. The maximum Gasteiger partial charge on any atom is 0.307 e. The molecular weight excluding hydrogens is 258 g/mol. The summed E-state index contributed by atoms with van der Waals surface area (Å²) in [5.41, 5.74) is 0. The van der Waals surface area contributed by atoms with Crippen molar-refractivity contribution in [3.63, 3.8) is 0 Å². The van der Waals surface area contributed by atoms with E-state index < -0.39 is 6.10 Å². The fourth-order valence-corrected chi connectivity index (χ4v) is 2.68. The van der Waals surface area contributed by atoms with E-state index in [4.69, 9.17) is 4.74 Å². The van der Waals surface area contributed by atoms with Crippen molar-refractivity contribution in [3.05, 3.63) is 0 Å². The first-order valence-corrected chi connectivity index (χ1v) is 7.67. The van der Waals surface area contributed by atoms with Gasteiger partial charge in [0.05, 0.1) is 19.1 Å². The van der Waals surface area contributed by atoms with E-state index in [0.29, 0.717) is 13.2 Å². The molecule has 1 N–H and O–H groups in total. The summed E-state index contributed by atoms with van der Waals surface area (Å²) >= 11 is 0. The van der Waals surface area contributed by atoms with Gasteiger partial charge < -0.3 is 14.7 Å². The Morgan fingerprint density at radius 1 is 1.30 bits per heavy atom. The summed E-state index contributed by atoms with van der Waals surface area (Å²) in [6.45, 7) is 4.39. The Kier molecular flexibility index (Phi) is 7.59. The van der Waals surface area contributed by atoms with E-state index in [1.54, 1.807) is 18.7 Å². The van der Waals surface area contributed by atoms with Crippen molar-refractivity contribution >= 4 is 11.9 Å². The predicted octanol–water partition coefficient (Wildman–Crippen LogP) is 1.73. The average Bonchev–Trinajstić information content (AvgIpc) is 2.43. The fourth-order valence-electron chi connectivity index (χ4n) is 2.68. The van der Waals surface area contributed by atoms with Crippen molar-refractivity contribution in [3.8, 4) is 0 Å². The van der Waals surface area contributed by atoms with Crippen LogP contribution in [0.4, 0.5) is 0 Å². The Balaban J connectivity index is 2.53. The lowest BCUT2D eigenvalue weighted by Crippen LogP contribution is -2.42. The molecule has 1 rings (SSSR count). The van der Waals surface area contributed by atoms with Crippen LogP contribution in [0.2, 0.25) is 0 Å². The van der Waals surface area contributed by atoms with Crippen LogP contribution in [0, 0.1) is 5.92 Å². The highest BCUT2D eigenvalue weighted by Crippen LogP contribution is 2.25. The summed E-state index contributed by atoms with van der Waals surface area (Å²) in [5.74, 6) is -0.154. The van der Waals surface area contributed by atoms with Gasteiger partial charge in [-0.1, -0.05) is 19.3 Å². The van der Waals surface area contributed by atoms with Gasteiger partial charge in [-0.2, -0.15) is 0 Å². The van der Waals surface area contributed by atoms with Crippen molar-refractivity contribution in [2.75, 3.05) is 19.7 Å². The lowest BCUT2D eigenvalue weighted by molar-refractivity contribution is -0.145. The molecule has 5 heteroatoms. The largest absolute Gasteiger partial charge is 0.466 e. The smallest absolute Gasteiger partial charge is 0.307 e. The first-order chi connectivity index (χ1) is 9.54. The fraction of sp³-hybridized carbons (Fsp3) is 0.867. The molecule has 0 spiro atoms. The Hall–Kier alpha value is -1.10. The molecule has 1 aliphatic carbocycles. The summed E-state index contributed by atoms with van der Waals surface area (Å²) in [5, 5.41) is 9.53. The minimum absolute atomic E-state index is 0.0599. The molecule has 0 bridgehead atoms.